The lowest BCUT2D eigenvalue weighted by atomic mass is 9.81. The van der Waals surface area contributed by atoms with Crippen molar-refractivity contribution in [2.45, 2.75) is 35.3 Å². The summed E-state index contributed by atoms with van der Waals surface area (Å²) >= 11 is 2.03. The predicted molar refractivity (Wildman–Crippen MR) is 154 cm³/mol. The summed E-state index contributed by atoms with van der Waals surface area (Å²) in [5.74, 6) is 0.493. The molecule has 36 heavy (non-hydrogen) atoms. The monoisotopic (exact) mass is 481 g/mol. The number of thioether (sulfide) groups is 1. The number of aryl methyl sites for hydroxylation is 1. The molecule has 2 atom stereocenters. The Bertz CT molecular complexity index is 1810. The van der Waals surface area contributed by atoms with Crippen LogP contribution in [0.15, 0.2) is 102 Å². The quantitative estimate of drug-likeness (QED) is 0.231. The van der Waals surface area contributed by atoms with Gasteiger partial charge in [0, 0.05) is 50.3 Å². The van der Waals surface area contributed by atoms with Crippen LogP contribution in [0.3, 0.4) is 0 Å². The molecular formula is C34H27NS. The van der Waals surface area contributed by atoms with Gasteiger partial charge >= 0.3 is 0 Å². The zero-order chi connectivity index (χ0) is 24.2. The Morgan fingerprint density at radius 2 is 1.56 bits per heavy atom. The minimum Gasteiger partial charge on any atom is -0.344 e. The summed E-state index contributed by atoms with van der Waals surface area (Å²) in [7, 11) is 2.19. The van der Waals surface area contributed by atoms with Gasteiger partial charge in [0.05, 0.1) is 0 Å². The second-order valence-electron chi connectivity index (χ2n) is 11.0. The van der Waals surface area contributed by atoms with Gasteiger partial charge in [0.25, 0.3) is 0 Å². The van der Waals surface area contributed by atoms with Gasteiger partial charge in [-0.1, -0.05) is 86.7 Å². The maximum Gasteiger partial charge on any atom is 0.0495 e. The second-order valence-corrected chi connectivity index (χ2v) is 12.2. The zero-order valence-electron chi connectivity index (χ0n) is 20.7. The first-order chi connectivity index (χ1) is 17.5. The number of rotatable bonds is 1. The van der Waals surface area contributed by atoms with Crippen molar-refractivity contribution in [1.29, 1.82) is 0 Å². The van der Waals surface area contributed by atoms with Crippen molar-refractivity contribution in [2.75, 3.05) is 0 Å². The van der Waals surface area contributed by atoms with Gasteiger partial charge in [-0.3, -0.25) is 0 Å². The molecule has 1 aromatic heterocycles. The van der Waals surface area contributed by atoms with Gasteiger partial charge in [-0.05, 0) is 63.2 Å². The number of allylic oxidation sites excluding steroid dienone is 3. The summed E-state index contributed by atoms with van der Waals surface area (Å²) in [6, 6.07) is 27.7. The first-order valence-corrected chi connectivity index (χ1v) is 13.7. The number of aromatic nitrogens is 1. The van der Waals surface area contributed by atoms with Gasteiger partial charge in [0.15, 0.2) is 0 Å². The van der Waals surface area contributed by atoms with Crippen LogP contribution in [0, 0.1) is 0 Å². The average Bonchev–Trinajstić information content (AvgIpc) is 3.50. The van der Waals surface area contributed by atoms with E-state index in [9.17, 15) is 0 Å². The lowest BCUT2D eigenvalue weighted by Crippen LogP contribution is -2.15. The van der Waals surface area contributed by atoms with Gasteiger partial charge in [0.1, 0.15) is 0 Å². The minimum atomic E-state index is -0.0453. The van der Waals surface area contributed by atoms with Crippen molar-refractivity contribution in [1.82, 2.24) is 4.57 Å². The highest BCUT2D eigenvalue weighted by Gasteiger charge is 2.37. The van der Waals surface area contributed by atoms with Gasteiger partial charge in [0.2, 0.25) is 0 Å². The number of benzene rings is 4. The Balaban J connectivity index is 1.31. The Morgan fingerprint density at radius 3 is 2.47 bits per heavy atom. The summed E-state index contributed by atoms with van der Waals surface area (Å²) in [5, 5.41) is 3.21. The molecule has 1 aliphatic heterocycles. The molecule has 0 amide bonds. The van der Waals surface area contributed by atoms with E-state index < -0.39 is 0 Å². The van der Waals surface area contributed by atoms with Gasteiger partial charge in [-0.25, -0.2) is 0 Å². The number of nitrogens with zero attached hydrogens (tertiary/aromatic N) is 1. The highest BCUT2D eigenvalue weighted by molar-refractivity contribution is 8.00. The lowest BCUT2D eigenvalue weighted by molar-refractivity contribution is 0.661. The van der Waals surface area contributed by atoms with Crippen molar-refractivity contribution in [3.8, 4) is 22.3 Å². The van der Waals surface area contributed by atoms with E-state index >= 15 is 0 Å². The SMILES string of the molecule is Cn1c2ccccc2c2cc3c(cc21)-c1ccc(-c2cccc4c2SC2C=CC=CC42)cc1C3(C)C. The Labute approximate surface area is 216 Å². The van der Waals surface area contributed by atoms with E-state index in [1.54, 1.807) is 0 Å². The zero-order valence-corrected chi connectivity index (χ0v) is 21.6. The smallest absolute Gasteiger partial charge is 0.0495 e. The molecule has 0 radical (unpaired) electrons. The molecule has 2 unspecified atom stereocenters. The molecule has 0 bridgehead atoms. The molecule has 1 nitrogen and oxygen atoms in total. The van der Waals surface area contributed by atoms with Crippen molar-refractivity contribution in [3.05, 3.63) is 114 Å². The van der Waals surface area contributed by atoms with E-state index in [0.717, 1.165) is 0 Å². The first-order valence-electron chi connectivity index (χ1n) is 12.8. The predicted octanol–water partition coefficient (Wildman–Crippen LogP) is 8.99. The molecule has 0 fully saturated rings. The molecule has 3 aliphatic rings. The van der Waals surface area contributed by atoms with Crippen LogP contribution in [-0.2, 0) is 12.5 Å². The van der Waals surface area contributed by atoms with E-state index in [-0.39, 0.29) is 5.41 Å². The van der Waals surface area contributed by atoms with Gasteiger partial charge < -0.3 is 4.57 Å². The second kappa shape index (κ2) is 7.05. The van der Waals surface area contributed by atoms with Crippen molar-refractivity contribution in [2.24, 2.45) is 7.05 Å². The van der Waals surface area contributed by atoms with E-state index in [4.69, 9.17) is 0 Å². The van der Waals surface area contributed by atoms with Gasteiger partial charge in [-0.15, -0.1) is 11.8 Å². The summed E-state index contributed by atoms with van der Waals surface area (Å²) in [6.45, 7) is 4.79. The largest absolute Gasteiger partial charge is 0.344 e. The van der Waals surface area contributed by atoms with Crippen molar-refractivity contribution in [3.63, 3.8) is 0 Å². The molecule has 5 aromatic rings. The fourth-order valence-corrected chi connectivity index (χ4v) is 8.32. The summed E-state index contributed by atoms with van der Waals surface area (Å²) in [6.07, 6.45) is 9.12. The Kier molecular flexibility index (Phi) is 4.05. The number of hydrogen-bond acceptors (Lipinski definition) is 1. The molecule has 0 N–H and O–H groups in total. The van der Waals surface area contributed by atoms with Gasteiger partial charge in [-0.2, -0.15) is 0 Å². The Morgan fingerprint density at radius 1 is 0.722 bits per heavy atom. The van der Waals surface area contributed by atoms with Crippen LogP contribution in [0.1, 0.15) is 36.5 Å². The van der Waals surface area contributed by atoms with E-state index in [0.29, 0.717) is 11.2 Å². The minimum absolute atomic E-state index is 0.0453. The van der Waals surface area contributed by atoms with Crippen LogP contribution in [0.2, 0.25) is 0 Å². The maximum atomic E-state index is 2.47. The maximum absolute atomic E-state index is 2.47. The summed E-state index contributed by atoms with van der Waals surface area (Å²) in [5.41, 5.74) is 12.4. The van der Waals surface area contributed by atoms with E-state index in [1.807, 2.05) is 11.8 Å². The fraction of sp³-hybridized carbons (Fsp3) is 0.176. The van der Waals surface area contributed by atoms with Crippen molar-refractivity contribution >= 4 is 33.6 Å². The summed E-state index contributed by atoms with van der Waals surface area (Å²) < 4.78 is 2.34. The highest BCUT2D eigenvalue weighted by atomic mass is 32.2. The third kappa shape index (κ3) is 2.58. The topological polar surface area (TPSA) is 4.93 Å². The van der Waals surface area contributed by atoms with E-state index in [2.05, 4.69) is 123 Å². The van der Waals surface area contributed by atoms with Crippen LogP contribution >= 0.6 is 11.8 Å². The molecule has 2 heteroatoms. The van der Waals surface area contributed by atoms with E-state index in [1.165, 1.54) is 65.6 Å². The molecule has 0 saturated heterocycles. The standard InChI is InChI=1S/C34H27NS/c1-34(2)28-17-20(21-11-8-12-25-24-10-5-7-14-32(24)36-33(21)25)15-16-22(28)26-19-31-27(18-29(26)34)23-9-4-6-13-30(23)35(31)3/h4-19,24,32H,1-3H3. The summed E-state index contributed by atoms with van der Waals surface area (Å²) in [4.78, 5) is 1.45. The number of para-hydroxylation sites is 1. The molecule has 2 heterocycles. The third-order valence-corrected chi connectivity index (χ3v) is 10.2. The molecular weight excluding hydrogens is 454 g/mol. The highest BCUT2D eigenvalue weighted by Crippen LogP contribution is 2.54. The van der Waals surface area contributed by atoms with Crippen molar-refractivity contribution < 1.29 is 0 Å². The third-order valence-electron chi connectivity index (χ3n) is 8.76. The first kappa shape index (κ1) is 20.7. The molecule has 8 rings (SSSR count). The molecule has 2 aliphatic carbocycles. The average molecular weight is 482 g/mol. The molecule has 0 saturated carbocycles. The molecule has 4 aromatic carbocycles. The van der Waals surface area contributed by atoms with Crippen LogP contribution in [0.4, 0.5) is 0 Å². The van der Waals surface area contributed by atoms with Crippen LogP contribution in [0.5, 0.6) is 0 Å². The molecule has 0 spiro atoms. The molecule has 174 valence electrons. The number of fused-ring (bicyclic) bond motifs is 9. The normalized spacial score (nSPS) is 20.5. The Hall–Kier alpha value is -3.49. The lowest BCUT2D eigenvalue weighted by Gasteiger charge is -2.22. The van der Waals surface area contributed by atoms with Crippen LogP contribution in [-0.4, -0.2) is 9.82 Å². The fourth-order valence-electron chi connectivity index (χ4n) is 6.85. The van der Waals surface area contributed by atoms with Crippen LogP contribution in [0.25, 0.3) is 44.1 Å². The number of hydrogen-bond donors (Lipinski definition) is 0. The van der Waals surface area contributed by atoms with Crippen LogP contribution < -0.4 is 0 Å².